The highest BCUT2D eigenvalue weighted by Gasteiger charge is 2.16. The Bertz CT molecular complexity index is 900. The second-order valence-electron chi connectivity index (χ2n) is 5.50. The monoisotopic (exact) mass is 321 g/mol. The van der Waals surface area contributed by atoms with Gasteiger partial charge in [-0.2, -0.15) is 5.26 Å². The number of aromatic nitrogens is 1. The number of rotatable bonds is 6. The van der Waals surface area contributed by atoms with Crippen molar-refractivity contribution in [3.05, 3.63) is 52.7 Å². The third-order valence-corrected chi connectivity index (χ3v) is 3.95. The summed E-state index contributed by atoms with van der Waals surface area (Å²) >= 11 is 0. The maximum absolute atomic E-state index is 9.70. The van der Waals surface area contributed by atoms with Gasteiger partial charge in [-0.1, -0.05) is 32.2 Å². The van der Waals surface area contributed by atoms with E-state index in [1.807, 2.05) is 37.4 Å². The van der Waals surface area contributed by atoms with Gasteiger partial charge in [-0.05, 0) is 18.6 Å². The molecule has 0 saturated carbocycles. The Morgan fingerprint density at radius 1 is 1.46 bits per heavy atom. The van der Waals surface area contributed by atoms with Gasteiger partial charge in [0.15, 0.2) is 0 Å². The number of benzene rings is 1. The molecule has 0 bridgehead atoms. The molecule has 0 aliphatic heterocycles. The Morgan fingerprint density at radius 3 is 2.79 bits per heavy atom. The normalized spacial score (nSPS) is 11.2. The topological polar surface area (TPSA) is 50.0 Å². The van der Waals surface area contributed by atoms with E-state index in [1.165, 1.54) is 0 Å². The van der Waals surface area contributed by atoms with Gasteiger partial charge in [-0.15, -0.1) is 0 Å². The number of allylic oxidation sites excluding steroid dienone is 1. The van der Waals surface area contributed by atoms with Crippen LogP contribution < -0.4 is 15.9 Å². The summed E-state index contributed by atoms with van der Waals surface area (Å²) < 4.78 is 7.31. The van der Waals surface area contributed by atoms with Crippen LogP contribution in [0.25, 0.3) is 23.9 Å². The highest BCUT2D eigenvalue weighted by molar-refractivity contribution is 5.72. The number of hydrogen-bond donors (Lipinski definition) is 1. The zero-order chi connectivity index (χ0) is 17.7. The first kappa shape index (κ1) is 17.4. The summed E-state index contributed by atoms with van der Waals surface area (Å²) in [6, 6.07) is 10.3. The molecule has 2 aromatic rings. The number of methoxy groups -OCH3 is 1. The Labute approximate surface area is 143 Å². The Hall–Kier alpha value is -2.93. The van der Waals surface area contributed by atoms with E-state index in [1.54, 1.807) is 7.11 Å². The third-order valence-electron chi connectivity index (χ3n) is 3.95. The molecule has 0 atom stereocenters. The van der Waals surface area contributed by atoms with Gasteiger partial charge in [-0.25, -0.2) is 0 Å². The van der Waals surface area contributed by atoms with Gasteiger partial charge in [0.1, 0.15) is 11.8 Å². The molecule has 1 aromatic carbocycles. The van der Waals surface area contributed by atoms with Gasteiger partial charge in [0.25, 0.3) is 0 Å². The Kier molecular flexibility index (Phi) is 5.49. The van der Waals surface area contributed by atoms with Crippen molar-refractivity contribution in [2.45, 2.75) is 19.9 Å². The lowest BCUT2D eigenvalue weighted by atomic mass is 10.1. The molecule has 0 fully saturated rings. The van der Waals surface area contributed by atoms with Crippen LogP contribution in [0.4, 0.5) is 5.69 Å². The quantitative estimate of drug-likeness (QED) is 0.832. The van der Waals surface area contributed by atoms with E-state index in [0.717, 1.165) is 35.3 Å². The number of nitriles is 1. The number of hydrogen-bond acceptors (Lipinski definition) is 3. The molecule has 124 valence electrons. The summed E-state index contributed by atoms with van der Waals surface area (Å²) in [7, 11) is 3.46. The second-order valence-corrected chi connectivity index (χ2v) is 5.50. The Morgan fingerprint density at radius 2 is 2.21 bits per heavy atom. The smallest absolute Gasteiger partial charge is 0.113 e. The highest BCUT2D eigenvalue weighted by Crippen LogP contribution is 2.24. The number of nitrogens with zero attached hydrogens (tertiary/aromatic N) is 2. The van der Waals surface area contributed by atoms with Crippen LogP contribution in [0, 0.1) is 11.3 Å². The molecule has 0 aliphatic rings. The number of ether oxygens (including phenoxy) is 1. The molecule has 1 aromatic heterocycles. The summed E-state index contributed by atoms with van der Waals surface area (Å²) in [6.07, 6.45) is 2.78. The molecule has 0 spiro atoms. The summed E-state index contributed by atoms with van der Waals surface area (Å²) in [6.45, 7) is 10.9. The van der Waals surface area contributed by atoms with Gasteiger partial charge >= 0.3 is 0 Å². The van der Waals surface area contributed by atoms with Crippen LogP contribution in [0.1, 0.15) is 18.9 Å². The molecule has 0 aliphatic carbocycles. The average Bonchev–Trinajstić information content (AvgIpc) is 2.87. The fourth-order valence-corrected chi connectivity index (χ4v) is 2.76. The van der Waals surface area contributed by atoms with E-state index in [9.17, 15) is 5.26 Å². The van der Waals surface area contributed by atoms with Gasteiger partial charge in [-0.3, -0.25) is 0 Å². The summed E-state index contributed by atoms with van der Waals surface area (Å²) in [5, 5.41) is 14.4. The molecule has 0 radical (unpaired) electrons. The van der Waals surface area contributed by atoms with Gasteiger partial charge in [0.05, 0.1) is 23.7 Å². The SMILES string of the molecule is C=C(/C=c1\c(=C)c(C#N)c(-c2cccc(NC)c2)n1CCC)OC. The van der Waals surface area contributed by atoms with E-state index in [0.29, 0.717) is 16.5 Å². The second kappa shape index (κ2) is 7.56. The summed E-state index contributed by atoms with van der Waals surface area (Å²) in [4.78, 5) is 0. The molecule has 2 rings (SSSR count). The Balaban J connectivity index is 2.86. The van der Waals surface area contributed by atoms with E-state index < -0.39 is 0 Å². The van der Waals surface area contributed by atoms with Crippen molar-refractivity contribution < 1.29 is 4.74 Å². The molecule has 1 N–H and O–H groups in total. The molecule has 0 saturated heterocycles. The molecular formula is C20H23N3O. The van der Waals surface area contributed by atoms with Crippen LogP contribution in [0.2, 0.25) is 0 Å². The lowest BCUT2D eigenvalue weighted by Gasteiger charge is -2.11. The molecule has 4 heteroatoms. The highest BCUT2D eigenvalue weighted by atomic mass is 16.5. The van der Waals surface area contributed by atoms with Crippen molar-refractivity contribution >= 4 is 18.3 Å². The third kappa shape index (κ3) is 3.21. The minimum Gasteiger partial charge on any atom is -0.497 e. The van der Waals surface area contributed by atoms with Crippen LogP contribution in [0.15, 0.2) is 36.6 Å². The zero-order valence-electron chi connectivity index (χ0n) is 14.5. The lowest BCUT2D eigenvalue weighted by Crippen LogP contribution is -2.29. The minimum atomic E-state index is 0.537. The molecule has 4 nitrogen and oxygen atoms in total. The number of nitrogens with one attached hydrogen (secondary N) is 1. The van der Waals surface area contributed by atoms with Crippen molar-refractivity contribution in [3.8, 4) is 17.3 Å². The predicted octanol–water partition coefficient (Wildman–Crippen LogP) is 2.83. The molecule has 24 heavy (non-hydrogen) atoms. The standard InChI is InChI=1S/C20H23N3O/c1-6-10-23-19(11-14(2)24-5)15(3)18(13-21)20(23)16-8-7-9-17(12-16)22-4/h7-9,11-12,22H,2-3,6,10H2,1,4-5H3/b19-11+. The maximum Gasteiger partial charge on any atom is 0.113 e. The first-order valence-electron chi connectivity index (χ1n) is 7.91. The first-order chi connectivity index (χ1) is 11.6. The van der Waals surface area contributed by atoms with Crippen LogP contribution in [-0.2, 0) is 11.3 Å². The van der Waals surface area contributed by atoms with Gasteiger partial charge in [0.2, 0.25) is 0 Å². The number of anilines is 1. The van der Waals surface area contributed by atoms with Crippen molar-refractivity contribution in [2.75, 3.05) is 19.5 Å². The minimum absolute atomic E-state index is 0.537. The molecule has 0 amide bonds. The maximum atomic E-state index is 9.70. The molecular weight excluding hydrogens is 298 g/mol. The van der Waals surface area contributed by atoms with Crippen molar-refractivity contribution in [2.24, 2.45) is 0 Å². The lowest BCUT2D eigenvalue weighted by molar-refractivity contribution is 0.315. The molecule has 1 heterocycles. The fourth-order valence-electron chi connectivity index (χ4n) is 2.76. The fraction of sp³-hybridized carbons (Fsp3) is 0.250. The van der Waals surface area contributed by atoms with Crippen LogP contribution in [0.3, 0.4) is 0 Å². The first-order valence-corrected chi connectivity index (χ1v) is 7.91. The van der Waals surface area contributed by atoms with Crippen molar-refractivity contribution in [3.63, 3.8) is 0 Å². The van der Waals surface area contributed by atoms with Crippen LogP contribution in [-0.4, -0.2) is 18.7 Å². The van der Waals surface area contributed by atoms with Crippen LogP contribution >= 0.6 is 0 Å². The predicted molar refractivity (Wildman–Crippen MR) is 99.8 cm³/mol. The largest absolute Gasteiger partial charge is 0.497 e. The van der Waals surface area contributed by atoms with E-state index in [-0.39, 0.29) is 0 Å². The van der Waals surface area contributed by atoms with Gasteiger partial charge < -0.3 is 14.6 Å². The summed E-state index contributed by atoms with van der Waals surface area (Å²) in [5.41, 5.74) is 3.46. The zero-order valence-corrected chi connectivity index (χ0v) is 14.5. The molecule has 0 unspecified atom stereocenters. The van der Waals surface area contributed by atoms with Crippen molar-refractivity contribution in [1.29, 1.82) is 5.26 Å². The van der Waals surface area contributed by atoms with E-state index in [4.69, 9.17) is 4.74 Å². The van der Waals surface area contributed by atoms with E-state index >= 15 is 0 Å². The van der Waals surface area contributed by atoms with E-state index in [2.05, 4.69) is 36.0 Å². The van der Waals surface area contributed by atoms with Crippen LogP contribution in [0.5, 0.6) is 0 Å². The average molecular weight is 321 g/mol. The van der Waals surface area contributed by atoms with Gasteiger partial charge in [0, 0.05) is 36.1 Å². The van der Waals surface area contributed by atoms with Crippen molar-refractivity contribution in [1.82, 2.24) is 4.57 Å². The summed E-state index contributed by atoms with van der Waals surface area (Å²) in [5.74, 6) is 0.537.